The highest BCUT2D eigenvalue weighted by Crippen LogP contribution is 2.38. The van der Waals surface area contributed by atoms with Gasteiger partial charge in [0.25, 0.3) is 0 Å². The van der Waals surface area contributed by atoms with Gasteiger partial charge in [-0.15, -0.1) is 0 Å². The van der Waals surface area contributed by atoms with E-state index in [0.717, 1.165) is 5.56 Å². The van der Waals surface area contributed by atoms with Gasteiger partial charge in [0, 0.05) is 43.5 Å². The Morgan fingerprint density at radius 1 is 1.06 bits per heavy atom. The summed E-state index contributed by atoms with van der Waals surface area (Å²) in [5.74, 6) is -0.802. The quantitative estimate of drug-likeness (QED) is 0.694. The van der Waals surface area contributed by atoms with Crippen LogP contribution in [0.3, 0.4) is 0 Å². The number of halogens is 1. The van der Waals surface area contributed by atoms with Crippen LogP contribution in [0.4, 0.5) is 10.1 Å². The minimum atomic E-state index is -3.66. The molecule has 2 aromatic rings. The zero-order valence-corrected chi connectivity index (χ0v) is 20.4. The molecule has 0 aromatic heterocycles. The number of benzene rings is 2. The number of rotatable bonds is 4. The van der Waals surface area contributed by atoms with E-state index in [-0.39, 0.29) is 37.5 Å². The molecule has 35 heavy (non-hydrogen) atoms. The van der Waals surface area contributed by atoms with E-state index in [0.29, 0.717) is 37.2 Å². The monoisotopic (exact) mass is 500 g/mol. The highest BCUT2D eigenvalue weighted by molar-refractivity contribution is 7.89. The summed E-state index contributed by atoms with van der Waals surface area (Å²) in [6, 6.07) is 13.1. The van der Waals surface area contributed by atoms with Crippen molar-refractivity contribution in [1.82, 2.24) is 14.5 Å². The number of piperazine rings is 2. The number of nitrogens with one attached hydrogen (secondary N) is 1. The smallest absolute Gasteiger partial charge is 0.245 e. The predicted octanol–water partition coefficient (Wildman–Crippen LogP) is 2.03. The number of hydrogen-bond acceptors (Lipinski definition) is 5. The first-order valence-corrected chi connectivity index (χ1v) is 13.4. The molecule has 3 aliphatic rings. The van der Waals surface area contributed by atoms with Gasteiger partial charge in [0.2, 0.25) is 21.8 Å². The summed E-state index contributed by atoms with van der Waals surface area (Å²) in [6.07, 6.45) is 1.24. The molecule has 2 aromatic carbocycles. The molecule has 1 unspecified atom stereocenters. The van der Waals surface area contributed by atoms with Crippen molar-refractivity contribution in [3.8, 4) is 0 Å². The van der Waals surface area contributed by atoms with Crippen molar-refractivity contribution in [2.24, 2.45) is 0 Å². The predicted molar refractivity (Wildman–Crippen MR) is 129 cm³/mol. The Morgan fingerprint density at radius 3 is 2.57 bits per heavy atom. The van der Waals surface area contributed by atoms with E-state index in [2.05, 4.69) is 5.32 Å². The minimum absolute atomic E-state index is 0.0155. The second kappa shape index (κ2) is 9.23. The van der Waals surface area contributed by atoms with Gasteiger partial charge in [0.05, 0.1) is 6.54 Å². The second-order valence-corrected chi connectivity index (χ2v) is 11.5. The van der Waals surface area contributed by atoms with Crippen LogP contribution in [0.25, 0.3) is 0 Å². The number of carbonyl (C=O) groups excluding carboxylic acids is 2. The van der Waals surface area contributed by atoms with Crippen molar-refractivity contribution in [2.75, 3.05) is 31.1 Å². The van der Waals surface area contributed by atoms with Crippen molar-refractivity contribution in [3.63, 3.8) is 0 Å². The van der Waals surface area contributed by atoms with Gasteiger partial charge in [-0.2, -0.15) is 4.31 Å². The number of hydrogen-bond donors (Lipinski definition) is 1. The molecule has 10 heteroatoms. The van der Waals surface area contributed by atoms with Gasteiger partial charge in [0.1, 0.15) is 17.1 Å². The third-order valence-corrected chi connectivity index (χ3v) is 9.71. The molecular formula is C25H29FN4O4S. The van der Waals surface area contributed by atoms with E-state index in [4.69, 9.17) is 0 Å². The minimum Gasteiger partial charge on any atom is -0.367 e. The van der Waals surface area contributed by atoms with Crippen LogP contribution in [0.1, 0.15) is 36.1 Å². The lowest BCUT2D eigenvalue weighted by Crippen LogP contribution is -2.66. The SMILES string of the molecule is C[C@H]1CCC(c2ccccc2)S(=O)(=O)N1Cc1ccc(N2CCN3C(=O)CNC(=O)[C@@H]3C2)cc1F. The molecule has 3 aliphatic heterocycles. The van der Waals surface area contributed by atoms with Gasteiger partial charge in [0.15, 0.2) is 0 Å². The maximum atomic E-state index is 15.2. The van der Waals surface area contributed by atoms with Crippen molar-refractivity contribution in [3.05, 3.63) is 65.5 Å². The maximum absolute atomic E-state index is 15.2. The molecule has 0 saturated carbocycles. The Kier molecular flexibility index (Phi) is 6.27. The van der Waals surface area contributed by atoms with E-state index in [9.17, 15) is 18.0 Å². The van der Waals surface area contributed by atoms with E-state index in [1.165, 1.54) is 10.4 Å². The molecule has 3 fully saturated rings. The van der Waals surface area contributed by atoms with Crippen molar-refractivity contribution in [2.45, 2.75) is 43.6 Å². The number of amides is 2. The van der Waals surface area contributed by atoms with Gasteiger partial charge in [-0.25, -0.2) is 12.8 Å². The molecule has 0 bridgehead atoms. The molecule has 3 atom stereocenters. The average Bonchev–Trinajstić information content (AvgIpc) is 2.85. The molecular weight excluding hydrogens is 471 g/mol. The van der Waals surface area contributed by atoms with Crippen LogP contribution in [0.5, 0.6) is 0 Å². The van der Waals surface area contributed by atoms with Crippen LogP contribution < -0.4 is 10.2 Å². The summed E-state index contributed by atoms with van der Waals surface area (Å²) in [5.41, 5.74) is 1.67. The standard InChI is InChI=1S/C25H29FN4O4S/c1-17-7-10-23(18-5-3-2-4-6-18)35(33,34)30(17)15-19-8-9-20(13-21(19)26)28-11-12-29-22(16-28)25(32)27-14-24(29)31/h2-6,8-9,13,17,22-23H,7,10-12,14-16H2,1H3,(H,27,32)/t17-,22-,23?/m0/s1. The fourth-order valence-electron chi connectivity index (χ4n) is 5.30. The van der Waals surface area contributed by atoms with E-state index in [1.807, 2.05) is 42.2 Å². The summed E-state index contributed by atoms with van der Waals surface area (Å²) in [6.45, 7) is 3.01. The van der Waals surface area contributed by atoms with Crippen LogP contribution in [-0.2, 0) is 26.2 Å². The summed E-state index contributed by atoms with van der Waals surface area (Å²) in [5, 5.41) is 1.97. The van der Waals surface area contributed by atoms with Crippen LogP contribution in [-0.4, -0.2) is 67.7 Å². The third-order valence-electron chi connectivity index (χ3n) is 7.34. The summed E-state index contributed by atoms with van der Waals surface area (Å²) < 4.78 is 43.6. The third kappa shape index (κ3) is 4.40. The normalized spacial score (nSPS) is 26.9. The zero-order chi connectivity index (χ0) is 24.7. The van der Waals surface area contributed by atoms with Gasteiger partial charge >= 0.3 is 0 Å². The number of fused-ring (bicyclic) bond motifs is 1. The van der Waals surface area contributed by atoms with Crippen LogP contribution in [0.15, 0.2) is 48.5 Å². The topological polar surface area (TPSA) is 90.0 Å². The van der Waals surface area contributed by atoms with Crippen molar-refractivity contribution >= 4 is 27.5 Å². The number of anilines is 1. The lowest BCUT2D eigenvalue weighted by molar-refractivity contribution is -0.145. The number of nitrogens with zero attached hydrogens (tertiary/aromatic N) is 3. The van der Waals surface area contributed by atoms with Gasteiger partial charge < -0.3 is 15.1 Å². The molecule has 5 rings (SSSR count). The van der Waals surface area contributed by atoms with E-state index < -0.39 is 27.1 Å². The molecule has 186 valence electrons. The summed E-state index contributed by atoms with van der Waals surface area (Å²) >= 11 is 0. The summed E-state index contributed by atoms with van der Waals surface area (Å²) in [7, 11) is -3.66. The Balaban J connectivity index is 1.34. The van der Waals surface area contributed by atoms with E-state index in [1.54, 1.807) is 17.0 Å². The lowest BCUT2D eigenvalue weighted by atomic mass is 10.0. The highest BCUT2D eigenvalue weighted by atomic mass is 32.2. The Labute approximate surface area is 204 Å². The van der Waals surface area contributed by atoms with Crippen LogP contribution in [0, 0.1) is 5.82 Å². The first kappa shape index (κ1) is 23.7. The molecule has 0 aliphatic carbocycles. The first-order valence-electron chi connectivity index (χ1n) is 11.9. The highest BCUT2D eigenvalue weighted by Gasteiger charge is 2.41. The zero-order valence-electron chi connectivity index (χ0n) is 19.6. The van der Waals surface area contributed by atoms with Gasteiger partial charge in [-0.05, 0) is 37.5 Å². The largest absolute Gasteiger partial charge is 0.367 e. The number of sulfonamides is 1. The Bertz CT molecular complexity index is 1240. The van der Waals surface area contributed by atoms with Crippen LogP contribution in [0.2, 0.25) is 0 Å². The molecule has 3 heterocycles. The molecule has 2 amide bonds. The molecule has 8 nitrogen and oxygen atoms in total. The Morgan fingerprint density at radius 2 is 1.83 bits per heavy atom. The fourth-order valence-corrected chi connectivity index (χ4v) is 7.49. The van der Waals surface area contributed by atoms with Gasteiger partial charge in [-0.1, -0.05) is 36.4 Å². The van der Waals surface area contributed by atoms with Crippen molar-refractivity contribution in [1.29, 1.82) is 0 Å². The van der Waals surface area contributed by atoms with E-state index >= 15 is 4.39 Å². The lowest BCUT2D eigenvalue weighted by Gasteiger charge is -2.43. The second-order valence-electron chi connectivity index (χ2n) is 9.46. The number of carbonyl (C=O) groups is 2. The maximum Gasteiger partial charge on any atom is 0.245 e. The fraction of sp³-hybridized carbons (Fsp3) is 0.440. The Hall–Kier alpha value is -2.98. The van der Waals surface area contributed by atoms with Crippen molar-refractivity contribution < 1.29 is 22.4 Å². The molecule has 1 N–H and O–H groups in total. The van der Waals surface area contributed by atoms with Crippen LogP contribution >= 0.6 is 0 Å². The summed E-state index contributed by atoms with van der Waals surface area (Å²) in [4.78, 5) is 27.8. The first-order chi connectivity index (χ1) is 16.8. The van der Waals surface area contributed by atoms with Gasteiger partial charge in [-0.3, -0.25) is 9.59 Å². The average molecular weight is 501 g/mol. The molecule has 0 spiro atoms. The molecule has 3 saturated heterocycles. The molecule has 0 radical (unpaired) electrons.